The highest BCUT2D eigenvalue weighted by molar-refractivity contribution is 8.01. The Kier molecular flexibility index (Phi) is 4.59. The molecule has 5 nitrogen and oxygen atoms in total. The van der Waals surface area contributed by atoms with Crippen LogP contribution < -0.4 is 0 Å². The van der Waals surface area contributed by atoms with Gasteiger partial charge in [-0.05, 0) is 18.2 Å². The van der Waals surface area contributed by atoms with Crippen LogP contribution in [0.5, 0.6) is 0 Å². The van der Waals surface area contributed by atoms with Gasteiger partial charge in [0.15, 0.2) is 4.34 Å². The van der Waals surface area contributed by atoms with Gasteiger partial charge in [-0.15, -0.1) is 21.5 Å². The normalized spacial score (nSPS) is 12.2. The number of rotatable bonds is 4. The fraction of sp³-hybridized carbons (Fsp3) is 0.0769. The molecule has 0 unspecified atom stereocenters. The molecule has 1 aromatic carbocycles. The number of allylic oxidation sites excluding steroid dienone is 1. The van der Waals surface area contributed by atoms with Crippen molar-refractivity contribution in [2.24, 2.45) is 0 Å². The van der Waals surface area contributed by atoms with Gasteiger partial charge in [-0.1, -0.05) is 34.7 Å². The number of thiazole rings is 1. The van der Waals surface area contributed by atoms with Gasteiger partial charge in [0.1, 0.15) is 27.9 Å². The summed E-state index contributed by atoms with van der Waals surface area (Å²) >= 11 is 9.99. The van der Waals surface area contributed by atoms with Crippen LogP contribution in [0.25, 0.3) is 15.8 Å². The first-order valence-corrected chi connectivity index (χ1v) is 9.01. The Labute approximate surface area is 142 Å². The number of aliphatic hydroxyl groups is 1. The lowest BCUT2D eigenvalue weighted by Gasteiger charge is -1.99. The number of fused-ring (bicyclic) bond motifs is 1. The molecule has 3 aromatic rings. The van der Waals surface area contributed by atoms with Gasteiger partial charge in [0.05, 0.1) is 16.0 Å². The van der Waals surface area contributed by atoms with E-state index in [4.69, 9.17) is 11.6 Å². The van der Waals surface area contributed by atoms with Gasteiger partial charge in [0.25, 0.3) is 0 Å². The summed E-state index contributed by atoms with van der Waals surface area (Å²) < 4.78 is 1.65. The third kappa shape index (κ3) is 3.23. The number of aromatic nitrogens is 3. The molecule has 2 aromatic heterocycles. The number of nitriles is 1. The van der Waals surface area contributed by atoms with Gasteiger partial charge < -0.3 is 5.11 Å². The summed E-state index contributed by atoms with van der Waals surface area (Å²) in [4.78, 5) is 4.37. The van der Waals surface area contributed by atoms with Crippen molar-refractivity contribution < 1.29 is 5.11 Å². The Morgan fingerprint density at radius 1 is 1.45 bits per heavy atom. The van der Waals surface area contributed by atoms with Gasteiger partial charge in [0.2, 0.25) is 0 Å². The summed E-state index contributed by atoms with van der Waals surface area (Å²) in [6.07, 6.45) is 0. The van der Waals surface area contributed by atoms with Gasteiger partial charge in [-0.25, -0.2) is 4.98 Å². The van der Waals surface area contributed by atoms with E-state index >= 15 is 0 Å². The molecule has 22 heavy (non-hydrogen) atoms. The molecule has 0 saturated heterocycles. The molecule has 2 heterocycles. The highest BCUT2D eigenvalue weighted by Gasteiger charge is 2.14. The first-order chi connectivity index (χ1) is 10.7. The molecule has 0 bridgehead atoms. The fourth-order valence-electron chi connectivity index (χ4n) is 1.67. The second kappa shape index (κ2) is 6.62. The number of thioether (sulfide) groups is 1. The lowest BCUT2D eigenvalue weighted by molar-refractivity contribution is 0.421. The predicted molar refractivity (Wildman–Crippen MR) is 90.4 cm³/mol. The fourth-order valence-corrected chi connectivity index (χ4v) is 4.17. The summed E-state index contributed by atoms with van der Waals surface area (Å²) in [5.41, 5.74) is 2.50. The van der Waals surface area contributed by atoms with E-state index in [1.165, 1.54) is 34.4 Å². The molecule has 3 rings (SSSR count). The Morgan fingerprint density at radius 2 is 2.32 bits per heavy atom. The molecule has 0 radical (unpaired) electrons. The van der Waals surface area contributed by atoms with Crippen molar-refractivity contribution in [2.45, 2.75) is 4.34 Å². The van der Waals surface area contributed by atoms with E-state index in [1.54, 1.807) is 17.6 Å². The summed E-state index contributed by atoms with van der Waals surface area (Å²) in [5, 5.41) is 28.2. The van der Waals surface area contributed by atoms with Crippen molar-refractivity contribution in [3.05, 3.63) is 39.5 Å². The predicted octanol–water partition coefficient (Wildman–Crippen LogP) is 4.39. The average molecular weight is 367 g/mol. The standard InChI is InChI=1S/C13H7ClN4OS3/c14-7-1-2-11-9(3-7)17-12(22-11)8(4-15)10(19)5-20-13-18-16-6-21-13/h1-3,6,19H,5H2/b10-8-. The van der Waals surface area contributed by atoms with E-state index in [1.807, 2.05) is 12.1 Å². The number of nitrogens with zero attached hydrogens (tertiary/aromatic N) is 4. The number of benzene rings is 1. The van der Waals surface area contributed by atoms with E-state index < -0.39 is 0 Å². The molecule has 110 valence electrons. The summed E-state index contributed by atoms with van der Waals surface area (Å²) in [7, 11) is 0. The van der Waals surface area contributed by atoms with E-state index in [0.717, 1.165) is 9.04 Å². The van der Waals surface area contributed by atoms with Crippen LogP contribution in [-0.4, -0.2) is 26.0 Å². The molecule has 0 fully saturated rings. The summed E-state index contributed by atoms with van der Waals surface area (Å²) in [6.45, 7) is 0. The largest absolute Gasteiger partial charge is 0.510 e. The van der Waals surface area contributed by atoms with Crippen LogP contribution in [0.2, 0.25) is 5.02 Å². The highest BCUT2D eigenvalue weighted by atomic mass is 35.5. The molecule has 0 aliphatic heterocycles. The second-order valence-electron chi connectivity index (χ2n) is 4.06. The molecule has 1 N–H and O–H groups in total. The van der Waals surface area contributed by atoms with Gasteiger partial charge in [-0.2, -0.15) is 5.26 Å². The van der Waals surface area contributed by atoms with Crippen molar-refractivity contribution in [1.82, 2.24) is 15.2 Å². The van der Waals surface area contributed by atoms with Gasteiger partial charge in [0, 0.05) is 5.02 Å². The van der Waals surface area contributed by atoms with Gasteiger partial charge >= 0.3 is 0 Å². The number of aliphatic hydroxyl groups excluding tert-OH is 1. The van der Waals surface area contributed by atoms with E-state index in [0.29, 0.717) is 15.5 Å². The topological polar surface area (TPSA) is 82.7 Å². The quantitative estimate of drug-likeness (QED) is 0.419. The monoisotopic (exact) mass is 366 g/mol. The maximum atomic E-state index is 10.2. The van der Waals surface area contributed by atoms with Crippen molar-refractivity contribution in [2.75, 3.05) is 5.75 Å². The third-order valence-electron chi connectivity index (χ3n) is 2.64. The molecule has 0 atom stereocenters. The maximum Gasteiger partial charge on any atom is 0.174 e. The Balaban J connectivity index is 1.90. The Bertz CT molecular complexity index is 882. The number of hydrogen-bond acceptors (Lipinski definition) is 8. The van der Waals surface area contributed by atoms with Crippen LogP contribution >= 0.6 is 46.0 Å². The molecular weight excluding hydrogens is 360 g/mol. The zero-order valence-electron chi connectivity index (χ0n) is 10.9. The van der Waals surface area contributed by atoms with Crippen molar-refractivity contribution >= 4 is 61.8 Å². The Hall–Kier alpha value is -1.66. The van der Waals surface area contributed by atoms with Crippen LogP contribution in [-0.2, 0) is 0 Å². The van der Waals surface area contributed by atoms with E-state index in [-0.39, 0.29) is 17.1 Å². The van der Waals surface area contributed by atoms with Gasteiger partial charge in [-0.3, -0.25) is 0 Å². The SMILES string of the molecule is N#C/C(=C(/O)CSc1nncs1)c1nc2cc(Cl)ccc2s1. The zero-order chi connectivity index (χ0) is 15.5. The first-order valence-electron chi connectivity index (χ1n) is 5.95. The summed E-state index contributed by atoms with van der Waals surface area (Å²) in [5.74, 6) is 0.224. The molecule has 0 spiro atoms. The lowest BCUT2D eigenvalue weighted by atomic mass is 10.2. The molecule has 0 saturated carbocycles. The average Bonchev–Trinajstić information content (AvgIpc) is 3.14. The van der Waals surface area contributed by atoms with Crippen molar-refractivity contribution in [3.63, 3.8) is 0 Å². The number of halogens is 1. The molecule has 0 amide bonds. The van der Waals surface area contributed by atoms with E-state index in [2.05, 4.69) is 15.2 Å². The van der Waals surface area contributed by atoms with Crippen LogP contribution in [0.3, 0.4) is 0 Å². The molecular formula is C13H7ClN4OS3. The zero-order valence-corrected chi connectivity index (χ0v) is 14.1. The number of hydrogen-bond donors (Lipinski definition) is 1. The minimum atomic E-state index is -0.0205. The molecule has 0 aliphatic carbocycles. The van der Waals surface area contributed by atoms with Crippen LogP contribution in [0.4, 0.5) is 0 Å². The van der Waals surface area contributed by atoms with Crippen LogP contribution in [0.15, 0.2) is 33.8 Å². The van der Waals surface area contributed by atoms with Crippen LogP contribution in [0, 0.1) is 11.3 Å². The lowest BCUT2D eigenvalue weighted by Crippen LogP contribution is -1.92. The molecule has 9 heteroatoms. The first kappa shape index (κ1) is 15.2. The van der Waals surface area contributed by atoms with E-state index in [9.17, 15) is 10.4 Å². The smallest absolute Gasteiger partial charge is 0.174 e. The Morgan fingerprint density at radius 3 is 3.05 bits per heavy atom. The van der Waals surface area contributed by atoms with Crippen molar-refractivity contribution in [1.29, 1.82) is 5.26 Å². The minimum absolute atomic E-state index is 0.0205. The minimum Gasteiger partial charge on any atom is -0.510 e. The maximum absolute atomic E-state index is 10.2. The van der Waals surface area contributed by atoms with Crippen molar-refractivity contribution in [3.8, 4) is 6.07 Å². The molecule has 0 aliphatic rings. The highest BCUT2D eigenvalue weighted by Crippen LogP contribution is 2.31. The second-order valence-corrected chi connectivity index (χ2v) is 7.58. The third-order valence-corrected chi connectivity index (χ3v) is 5.80. The van der Waals surface area contributed by atoms with Crippen LogP contribution in [0.1, 0.15) is 5.01 Å². The summed E-state index contributed by atoms with van der Waals surface area (Å²) in [6, 6.07) is 7.38.